The molecule has 3 aromatic rings. The summed E-state index contributed by atoms with van der Waals surface area (Å²) in [5, 5.41) is 5.05. The molecular formula is C18H15Cl2N3O. The summed E-state index contributed by atoms with van der Waals surface area (Å²) in [6.07, 6.45) is 1.60. The SMILES string of the molecule is CN(Cc1cccc(Cl)c1)c1cnn(-c2ccccc2)c(=O)c1Cl. The zero-order valence-electron chi connectivity index (χ0n) is 13.0. The smallest absolute Gasteiger partial charge is 0.292 e. The van der Waals surface area contributed by atoms with E-state index in [1.54, 1.807) is 18.3 Å². The van der Waals surface area contributed by atoms with E-state index in [9.17, 15) is 4.79 Å². The van der Waals surface area contributed by atoms with Crippen LogP contribution in [-0.2, 0) is 6.54 Å². The summed E-state index contributed by atoms with van der Waals surface area (Å²) in [5.74, 6) is 0. The third-order valence-corrected chi connectivity index (χ3v) is 4.21. The molecule has 1 aromatic heterocycles. The van der Waals surface area contributed by atoms with Crippen molar-refractivity contribution in [3.63, 3.8) is 0 Å². The Balaban J connectivity index is 1.92. The highest BCUT2D eigenvalue weighted by Gasteiger charge is 2.14. The van der Waals surface area contributed by atoms with Crippen LogP contribution in [0.15, 0.2) is 65.6 Å². The Hall–Kier alpha value is -2.30. The molecule has 0 aliphatic heterocycles. The second-order valence-electron chi connectivity index (χ2n) is 5.38. The van der Waals surface area contributed by atoms with E-state index in [1.165, 1.54) is 4.68 Å². The number of hydrogen-bond donors (Lipinski definition) is 0. The first-order valence-corrected chi connectivity index (χ1v) is 8.10. The van der Waals surface area contributed by atoms with Gasteiger partial charge in [0, 0.05) is 18.6 Å². The molecule has 2 aromatic carbocycles. The van der Waals surface area contributed by atoms with Crippen molar-refractivity contribution in [1.29, 1.82) is 0 Å². The van der Waals surface area contributed by atoms with Crippen molar-refractivity contribution in [2.24, 2.45) is 0 Å². The molecule has 3 rings (SSSR count). The molecule has 0 radical (unpaired) electrons. The lowest BCUT2D eigenvalue weighted by atomic mass is 10.2. The first kappa shape index (κ1) is 16.6. The first-order chi connectivity index (χ1) is 11.6. The summed E-state index contributed by atoms with van der Waals surface area (Å²) in [5.41, 5.74) is 1.92. The summed E-state index contributed by atoms with van der Waals surface area (Å²) < 4.78 is 1.29. The number of halogens is 2. The molecule has 0 N–H and O–H groups in total. The van der Waals surface area contributed by atoms with Crippen LogP contribution in [0.4, 0.5) is 5.69 Å². The van der Waals surface area contributed by atoms with Crippen LogP contribution in [0.3, 0.4) is 0 Å². The quantitative estimate of drug-likeness (QED) is 0.701. The maximum atomic E-state index is 12.5. The molecule has 0 fully saturated rings. The number of hydrogen-bond acceptors (Lipinski definition) is 3. The van der Waals surface area contributed by atoms with Crippen molar-refractivity contribution in [2.75, 3.05) is 11.9 Å². The van der Waals surface area contributed by atoms with E-state index >= 15 is 0 Å². The molecule has 6 heteroatoms. The number of nitrogens with zero attached hydrogens (tertiary/aromatic N) is 3. The number of para-hydroxylation sites is 1. The van der Waals surface area contributed by atoms with Gasteiger partial charge < -0.3 is 4.90 Å². The van der Waals surface area contributed by atoms with Gasteiger partial charge in [-0.1, -0.05) is 53.5 Å². The minimum Gasteiger partial charge on any atom is -0.368 e. The maximum absolute atomic E-state index is 12.5. The van der Waals surface area contributed by atoms with Gasteiger partial charge in [-0.2, -0.15) is 9.78 Å². The lowest BCUT2D eigenvalue weighted by molar-refractivity contribution is 0.795. The van der Waals surface area contributed by atoms with E-state index in [0.717, 1.165) is 5.56 Å². The van der Waals surface area contributed by atoms with E-state index < -0.39 is 0 Å². The Bertz CT molecular complexity index is 910. The van der Waals surface area contributed by atoms with Crippen LogP contribution in [0.1, 0.15) is 5.56 Å². The van der Waals surface area contributed by atoms with E-state index in [2.05, 4.69) is 5.10 Å². The molecule has 122 valence electrons. The van der Waals surface area contributed by atoms with Crippen molar-refractivity contribution in [2.45, 2.75) is 6.54 Å². The molecule has 0 saturated carbocycles. The number of anilines is 1. The Labute approximate surface area is 149 Å². The van der Waals surface area contributed by atoms with Gasteiger partial charge in [0.1, 0.15) is 5.02 Å². The standard InChI is InChI=1S/C18H15Cl2N3O/c1-22(12-13-6-5-7-14(19)10-13)16-11-21-23(18(24)17(16)20)15-8-3-2-4-9-15/h2-11H,12H2,1H3. The van der Waals surface area contributed by atoms with E-state index in [0.29, 0.717) is 22.9 Å². The molecule has 0 aliphatic rings. The third-order valence-electron chi connectivity index (χ3n) is 3.62. The topological polar surface area (TPSA) is 38.1 Å². The zero-order chi connectivity index (χ0) is 17.1. The van der Waals surface area contributed by atoms with Crippen LogP contribution in [-0.4, -0.2) is 16.8 Å². The highest BCUT2D eigenvalue weighted by atomic mass is 35.5. The number of benzene rings is 2. The average Bonchev–Trinajstić information content (AvgIpc) is 2.58. The Kier molecular flexibility index (Phi) is 4.88. The second-order valence-corrected chi connectivity index (χ2v) is 6.20. The minimum absolute atomic E-state index is 0.137. The normalized spacial score (nSPS) is 10.6. The van der Waals surface area contributed by atoms with Gasteiger partial charge in [-0.15, -0.1) is 0 Å². The lowest BCUT2D eigenvalue weighted by Crippen LogP contribution is -2.26. The van der Waals surface area contributed by atoms with Gasteiger partial charge in [0.25, 0.3) is 5.56 Å². The molecule has 0 atom stereocenters. The summed E-state index contributed by atoms with van der Waals surface area (Å²) in [6, 6.07) is 16.7. The largest absolute Gasteiger partial charge is 0.368 e. The first-order valence-electron chi connectivity index (χ1n) is 7.35. The second kappa shape index (κ2) is 7.07. The molecule has 4 nitrogen and oxygen atoms in total. The van der Waals surface area contributed by atoms with Gasteiger partial charge >= 0.3 is 0 Å². The molecular weight excluding hydrogens is 345 g/mol. The summed E-state index contributed by atoms with van der Waals surface area (Å²) in [4.78, 5) is 14.4. The molecule has 0 amide bonds. The number of aromatic nitrogens is 2. The molecule has 0 spiro atoms. The van der Waals surface area contributed by atoms with E-state index in [-0.39, 0.29) is 10.6 Å². The maximum Gasteiger partial charge on any atom is 0.292 e. The molecule has 0 aliphatic carbocycles. The third kappa shape index (κ3) is 3.45. The Morgan fingerprint density at radius 1 is 1.08 bits per heavy atom. The van der Waals surface area contributed by atoms with Gasteiger partial charge in [0.2, 0.25) is 0 Å². The fourth-order valence-corrected chi connectivity index (χ4v) is 2.92. The predicted molar refractivity (Wildman–Crippen MR) is 98.4 cm³/mol. The minimum atomic E-state index is -0.349. The summed E-state index contributed by atoms with van der Waals surface area (Å²) in [7, 11) is 1.86. The van der Waals surface area contributed by atoms with Crippen LogP contribution in [0, 0.1) is 0 Å². The Morgan fingerprint density at radius 2 is 1.83 bits per heavy atom. The summed E-state index contributed by atoms with van der Waals surface area (Å²) >= 11 is 12.3. The highest BCUT2D eigenvalue weighted by molar-refractivity contribution is 6.33. The molecule has 1 heterocycles. The summed E-state index contributed by atoms with van der Waals surface area (Å²) in [6.45, 7) is 0.566. The molecule has 24 heavy (non-hydrogen) atoms. The van der Waals surface area contributed by atoms with Crippen LogP contribution >= 0.6 is 23.2 Å². The van der Waals surface area contributed by atoms with Crippen LogP contribution in [0.25, 0.3) is 5.69 Å². The molecule has 0 unspecified atom stereocenters. The van der Waals surface area contributed by atoms with Crippen LogP contribution < -0.4 is 10.5 Å². The van der Waals surface area contributed by atoms with Gasteiger partial charge in [-0.05, 0) is 29.8 Å². The molecule has 0 bridgehead atoms. The average molecular weight is 360 g/mol. The van der Waals surface area contributed by atoms with E-state index in [1.807, 2.05) is 54.4 Å². The van der Waals surface area contributed by atoms with Crippen molar-refractivity contribution in [3.05, 3.63) is 86.8 Å². The van der Waals surface area contributed by atoms with Crippen molar-refractivity contribution >= 4 is 28.9 Å². The van der Waals surface area contributed by atoms with Gasteiger partial charge in [-0.3, -0.25) is 4.79 Å². The lowest BCUT2D eigenvalue weighted by Gasteiger charge is -2.20. The zero-order valence-corrected chi connectivity index (χ0v) is 14.5. The van der Waals surface area contributed by atoms with Crippen LogP contribution in [0.5, 0.6) is 0 Å². The fraction of sp³-hybridized carbons (Fsp3) is 0.111. The predicted octanol–water partition coefficient (Wildman–Crippen LogP) is 4.18. The van der Waals surface area contributed by atoms with Crippen molar-refractivity contribution in [3.8, 4) is 5.69 Å². The van der Waals surface area contributed by atoms with E-state index in [4.69, 9.17) is 23.2 Å². The van der Waals surface area contributed by atoms with Gasteiger partial charge in [-0.25, -0.2) is 0 Å². The Morgan fingerprint density at radius 3 is 2.54 bits per heavy atom. The fourth-order valence-electron chi connectivity index (χ4n) is 2.44. The van der Waals surface area contributed by atoms with Crippen molar-refractivity contribution < 1.29 is 0 Å². The van der Waals surface area contributed by atoms with Crippen molar-refractivity contribution in [1.82, 2.24) is 9.78 Å². The van der Waals surface area contributed by atoms with Crippen LogP contribution in [0.2, 0.25) is 10.0 Å². The monoisotopic (exact) mass is 359 g/mol. The van der Waals surface area contributed by atoms with Gasteiger partial charge in [0.15, 0.2) is 0 Å². The van der Waals surface area contributed by atoms with Gasteiger partial charge in [0.05, 0.1) is 17.6 Å². The number of rotatable bonds is 4. The highest BCUT2D eigenvalue weighted by Crippen LogP contribution is 2.23. The molecule has 0 saturated heterocycles.